The summed E-state index contributed by atoms with van der Waals surface area (Å²) in [6, 6.07) is 7.07. The molecule has 0 fully saturated rings. The Balaban J connectivity index is 1.83. The zero-order chi connectivity index (χ0) is 18.1. The normalized spacial score (nSPS) is 14.8. The minimum Gasteiger partial charge on any atom is -0.322 e. The van der Waals surface area contributed by atoms with Gasteiger partial charge in [-0.1, -0.05) is 32.0 Å². The van der Waals surface area contributed by atoms with E-state index in [0.717, 1.165) is 16.1 Å². The van der Waals surface area contributed by atoms with Crippen LogP contribution in [0.2, 0.25) is 0 Å². The number of anilines is 1. The third-order valence-corrected chi connectivity index (χ3v) is 5.47. The molecule has 1 aliphatic heterocycles. The quantitative estimate of drug-likeness (QED) is 0.886. The molecule has 1 atom stereocenters. The molecule has 2 aromatic rings. The lowest BCUT2D eigenvalue weighted by atomic mass is 10.0. The van der Waals surface area contributed by atoms with E-state index in [2.05, 4.69) is 24.1 Å². The van der Waals surface area contributed by atoms with Gasteiger partial charge in [0, 0.05) is 17.0 Å². The molecule has 2 amide bonds. The maximum absolute atomic E-state index is 12.9. The van der Waals surface area contributed by atoms with Crippen LogP contribution in [0, 0.1) is 19.8 Å². The SMILES string of the molecule is Cc1nc(NC(=O)[C@H](CC(C)C)N2Cc3ccccc3C2=O)sc1C. The number of aromatic nitrogens is 1. The van der Waals surface area contributed by atoms with Crippen molar-refractivity contribution in [1.82, 2.24) is 9.88 Å². The van der Waals surface area contributed by atoms with E-state index in [4.69, 9.17) is 0 Å². The highest BCUT2D eigenvalue weighted by molar-refractivity contribution is 7.15. The zero-order valence-corrected chi connectivity index (χ0v) is 15.8. The van der Waals surface area contributed by atoms with Crippen LogP contribution in [0.15, 0.2) is 24.3 Å². The molecule has 0 radical (unpaired) electrons. The number of thiazole rings is 1. The lowest BCUT2D eigenvalue weighted by Gasteiger charge is -2.27. The van der Waals surface area contributed by atoms with E-state index in [-0.39, 0.29) is 11.8 Å². The monoisotopic (exact) mass is 357 g/mol. The summed E-state index contributed by atoms with van der Waals surface area (Å²) in [5.41, 5.74) is 2.60. The van der Waals surface area contributed by atoms with E-state index in [1.807, 2.05) is 38.1 Å². The summed E-state index contributed by atoms with van der Waals surface area (Å²) in [6.45, 7) is 8.51. The molecular formula is C19H23N3O2S. The van der Waals surface area contributed by atoms with Crippen LogP contribution in [0.1, 0.15) is 46.8 Å². The standard InChI is InChI=1S/C19H23N3O2S/c1-11(2)9-16(17(23)21-19-20-12(3)13(4)25-19)22-10-14-7-5-6-8-15(14)18(22)24/h5-8,11,16H,9-10H2,1-4H3,(H,20,21,23)/t16-/m0/s1. The van der Waals surface area contributed by atoms with Crippen molar-refractivity contribution in [1.29, 1.82) is 0 Å². The minimum absolute atomic E-state index is 0.0668. The van der Waals surface area contributed by atoms with E-state index in [0.29, 0.717) is 29.6 Å². The predicted molar refractivity (Wildman–Crippen MR) is 99.8 cm³/mol. The topological polar surface area (TPSA) is 62.3 Å². The summed E-state index contributed by atoms with van der Waals surface area (Å²) < 4.78 is 0. The molecule has 1 N–H and O–H groups in total. The van der Waals surface area contributed by atoms with Gasteiger partial charge in [-0.2, -0.15) is 0 Å². The maximum Gasteiger partial charge on any atom is 0.255 e. The molecule has 1 aromatic heterocycles. The van der Waals surface area contributed by atoms with Crippen molar-refractivity contribution < 1.29 is 9.59 Å². The molecule has 1 aromatic carbocycles. The number of benzene rings is 1. The van der Waals surface area contributed by atoms with E-state index in [9.17, 15) is 9.59 Å². The molecule has 0 unspecified atom stereocenters. The lowest BCUT2D eigenvalue weighted by Crippen LogP contribution is -2.45. The second-order valence-corrected chi connectivity index (χ2v) is 8.09. The van der Waals surface area contributed by atoms with E-state index in [1.165, 1.54) is 11.3 Å². The fourth-order valence-electron chi connectivity index (χ4n) is 3.07. The van der Waals surface area contributed by atoms with Gasteiger partial charge in [-0.25, -0.2) is 4.98 Å². The van der Waals surface area contributed by atoms with Crippen LogP contribution in [0.25, 0.3) is 0 Å². The molecule has 25 heavy (non-hydrogen) atoms. The number of hydrogen-bond donors (Lipinski definition) is 1. The molecule has 5 nitrogen and oxygen atoms in total. The number of hydrogen-bond acceptors (Lipinski definition) is 4. The number of nitrogens with zero attached hydrogens (tertiary/aromatic N) is 2. The fourth-order valence-corrected chi connectivity index (χ4v) is 3.88. The Labute approximate surface area is 152 Å². The molecule has 0 saturated heterocycles. The van der Waals surface area contributed by atoms with Crippen LogP contribution in [0.4, 0.5) is 5.13 Å². The highest BCUT2D eigenvalue weighted by Crippen LogP contribution is 2.28. The molecule has 0 saturated carbocycles. The smallest absolute Gasteiger partial charge is 0.255 e. The first kappa shape index (κ1) is 17.6. The Kier molecular flexibility index (Phi) is 4.90. The Morgan fingerprint density at radius 3 is 2.64 bits per heavy atom. The van der Waals surface area contributed by atoms with Crippen LogP contribution in [0.3, 0.4) is 0 Å². The largest absolute Gasteiger partial charge is 0.322 e. The average Bonchev–Trinajstić information content (AvgIpc) is 3.05. The number of aryl methyl sites for hydroxylation is 2. The first-order valence-corrected chi connectivity index (χ1v) is 9.32. The van der Waals surface area contributed by atoms with Crippen molar-refractivity contribution in [2.45, 2.75) is 46.7 Å². The highest BCUT2D eigenvalue weighted by atomic mass is 32.1. The van der Waals surface area contributed by atoms with Crippen molar-refractivity contribution in [3.8, 4) is 0 Å². The van der Waals surface area contributed by atoms with Gasteiger partial charge in [0.1, 0.15) is 6.04 Å². The first-order valence-electron chi connectivity index (χ1n) is 8.50. The number of nitrogens with one attached hydrogen (secondary N) is 1. The van der Waals surface area contributed by atoms with E-state index in [1.54, 1.807) is 4.90 Å². The molecule has 3 rings (SSSR count). The molecule has 1 aliphatic rings. The van der Waals surface area contributed by atoms with Crippen LogP contribution in [0.5, 0.6) is 0 Å². The Hall–Kier alpha value is -2.21. The summed E-state index contributed by atoms with van der Waals surface area (Å²) in [4.78, 5) is 32.8. The molecule has 0 spiro atoms. The van der Waals surface area contributed by atoms with Crippen LogP contribution in [-0.4, -0.2) is 27.7 Å². The number of fused-ring (bicyclic) bond motifs is 1. The number of amides is 2. The van der Waals surface area contributed by atoms with Gasteiger partial charge in [-0.15, -0.1) is 11.3 Å². The van der Waals surface area contributed by atoms with Crippen molar-refractivity contribution >= 4 is 28.3 Å². The first-order chi connectivity index (χ1) is 11.9. The minimum atomic E-state index is -0.496. The summed E-state index contributed by atoms with van der Waals surface area (Å²) in [5.74, 6) is 0.0681. The zero-order valence-electron chi connectivity index (χ0n) is 15.0. The van der Waals surface area contributed by atoms with Crippen molar-refractivity contribution in [3.05, 3.63) is 46.0 Å². The molecule has 2 heterocycles. The second-order valence-electron chi connectivity index (χ2n) is 6.89. The van der Waals surface area contributed by atoms with Gasteiger partial charge < -0.3 is 10.2 Å². The number of carbonyl (C=O) groups excluding carboxylic acids is 2. The van der Waals surface area contributed by atoms with E-state index < -0.39 is 6.04 Å². The fraction of sp³-hybridized carbons (Fsp3) is 0.421. The summed E-state index contributed by atoms with van der Waals surface area (Å²) in [6.07, 6.45) is 0.620. The molecule has 132 valence electrons. The van der Waals surface area contributed by atoms with Crippen molar-refractivity contribution in [3.63, 3.8) is 0 Å². The molecule has 0 aliphatic carbocycles. The van der Waals surface area contributed by atoms with Gasteiger partial charge in [0.2, 0.25) is 5.91 Å². The highest BCUT2D eigenvalue weighted by Gasteiger charge is 2.36. The van der Waals surface area contributed by atoms with Gasteiger partial charge in [0.15, 0.2) is 5.13 Å². The van der Waals surface area contributed by atoms with Gasteiger partial charge in [0.25, 0.3) is 5.91 Å². The molecular weight excluding hydrogens is 334 g/mol. The van der Waals surface area contributed by atoms with Crippen LogP contribution in [-0.2, 0) is 11.3 Å². The molecule has 6 heteroatoms. The Morgan fingerprint density at radius 2 is 2.04 bits per heavy atom. The Morgan fingerprint density at radius 1 is 1.32 bits per heavy atom. The number of carbonyl (C=O) groups is 2. The van der Waals surface area contributed by atoms with Gasteiger partial charge in [0.05, 0.1) is 5.69 Å². The van der Waals surface area contributed by atoms with Crippen LogP contribution < -0.4 is 5.32 Å². The predicted octanol–water partition coefficient (Wildman–Crippen LogP) is 3.77. The van der Waals surface area contributed by atoms with Gasteiger partial charge in [-0.3, -0.25) is 9.59 Å². The van der Waals surface area contributed by atoms with Gasteiger partial charge in [-0.05, 0) is 37.8 Å². The Bertz CT molecular complexity index is 793. The molecule has 0 bridgehead atoms. The maximum atomic E-state index is 12.9. The van der Waals surface area contributed by atoms with Gasteiger partial charge >= 0.3 is 0 Å². The lowest BCUT2D eigenvalue weighted by molar-refractivity contribution is -0.121. The average molecular weight is 357 g/mol. The summed E-state index contributed by atoms with van der Waals surface area (Å²) in [5, 5.41) is 3.50. The number of rotatable bonds is 5. The van der Waals surface area contributed by atoms with Crippen molar-refractivity contribution in [2.24, 2.45) is 5.92 Å². The van der Waals surface area contributed by atoms with E-state index >= 15 is 0 Å². The van der Waals surface area contributed by atoms with Crippen LogP contribution >= 0.6 is 11.3 Å². The second kappa shape index (κ2) is 6.96. The van der Waals surface area contributed by atoms with Crippen molar-refractivity contribution in [2.75, 3.05) is 5.32 Å². The summed E-state index contributed by atoms with van der Waals surface area (Å²) in [7, 11) is 0. The third kappa shape index (κ3) is 3.58. The third-order valence-electron chi connectivity index (χ3n) is 4.48. The summed E-state index contributed by atoms with van der Waals surface area (Å²) >= 11 is 1.46.